The Morgan fingerprint density at radius 1 is 0.485 bits per heavy atom. The van der Waals surface area contributed by atoms with Crippen molar-refractivity contribution in [1.82, 2.24) is 0 Å². The van der Waals surface area contributed by atoms with Gasteiger partial charge < -0.3 is 19.3 Å². The van der Waals surface area contributed by atoms with E-state index in [1.165, 1.54) is 33.4 Å². The summed E-state index contributed by atoms with van der Waals surface area (Å²) in [6.07, 6.45) is 5.59. The topological polar surface area (TPSA) is 119 Å². The third-order valence-corrected chi connectivity index (χ3v) is 12.0. The van der Waals surface area contributed by atoms with Crippen molar-refractivity contribution in [1.29, 1.82) is 0 Å². The Hall–Kier alpha value is -4.47. The third-order valence-electron chi connectivity index (χ3n) is 12.0. The first-order chi connectivity index (χ1) is 31.1. The van der Waals surface area contributed by atoms with E-state index in [1.807, 2.05) is 60.2 Å². The number of hydrogen-bond donors (Lipinski definition) is 1. The molecule has 0 bridgehead atoms. The lowest BCUT2D eigenvalue weighted by atomic mass is 9.97. The van der Waals surface area contributed by atoms with Gasteiger partial charge in [-0.3, -0.25) is 15.0 Å². The molecule has 0 heterocycles. The summed E-state index contributed by atoms with van der Waals surface area (Å²) in [6, 6.07) is 23.8. The minimum absolute atomic E-state index is 0.0613. The largest absolute Gasteiger partial charge is 0.460 e. The van der Waals surface area contributed by atoms with Crippen molar-refractivity contribution in [3.05, 3.63) is 106 Å². The molecule has 9 heteroatoms. The minimum Gasteiger partial charge on any atom is -0.460 e. The van der Waals surface area contributed by atoms with E-state index in [9.17, 15) is 14.7 Å². The molecule has 0 aromatic heterocycles. The summed E-state index contributed by atoms with van der Waals surface area (Å²) in [6.45, 7) is 30.5. The van der Waals surface area contributed by atoms with E-state index in [2.05, 4.69) is 135 Å². The number of hydrogen-bond acceptors (Lipinski definition) is 9. The summed E-state index contributed by atoms with van der Waals surface area (Å²) in [5.74, 6) is 0.208. The molecule has 66 heavy (non-hydrogen) atoms. The molecule has 0 aliphatic rings. The molecule has 364 valence electrons. The number of esters is 2. The van der Waals surface area contributed by atoms with Crippen LogP contribution in [-0.4, -0.2) is 79.4 Å². The summed E-state index contributed by atoms with van der Waals surface area (Å²) in [5, 5.41) is 11.4. The van der Waals surface area contributed by atoms with Crippen LogP contribution in [0.3, 0.4) is 0 Å². The molecule has 3 rings (SSSR count). The molecule has 8 unspecified atom stereocenters. The van der Waals surface area contributed by atoms with Gasteiger partial charge in [0.05, 0.1) is 6.61 Å². The summed E-state index contributed by atoms with van der Waals surface area (Å²) >= 11 is 0. The number of aliphatic hydroxyl groups excluding tert-OH is 1. The maximum absolute atomic E-state index is 14.0. The van der Waals surface area contributed by atoms with Crippen LogP contribution in [0.15, 0.2) is 87.8 Å². The van der Waals surface area contributed by atoms with E-state index in [-0.39, 0.29) is 48.7 Å². The van der Waals surface area contributed by atoms with Crippen molar-refractivity contribution in [3.8, 4) is 0 Å². The molecule has 8 atom stereocenters. The van der Waals surface area contributed by atoms with Gasteiger partial charge in [-0.2, -0.15) is 0 Å². The Balaban J connectivity index is 1.77. The van der Waals surface area contributed by atoms with Gasteiger partial charge in [0.1, 0.15) is 24.7 Å². The summed E-state index contributed by atoms with van der Waals surface area (Å²) < 4.78 is 18.0. The fourth-order valence-electron chi connectivity index (χ4n) is 7.62. The second kappa shape index (κ2) is 28.0. The lowest BCUT2D eigenvalue weighted by Crippen LogP contribution is -2.40. The minimum atomic E-state index is -1.30. The standard InChI is InChI=1S/C57H85N3O6/c1-36(2)48-22-16-45(17-23-48)28-42(13)31-58-52(39(7)8)55(61)64-34-51(66-57(63)54(41(11)12)60-33-44(15)30-47-20-26-50(27-21-47)38(5)6)35-65-56(62)53(40(9)10)59-32-43(14)29-46-18-24-49(25-19-46)37(3)4/h16-27,31-33,36-44,51-55,61H,28-30,34-35H2,1-15H3. The number of aliphatic imine (C=N–C) groups is 3. The van der Waals surface area contributed by atoms with Crippen LogP contribution in [-0.2, 0) is 43.1 Å². The van der Waals surface area contributed by atoms with Gasteiger partial charge in [-0.05, 0) is 106 Å². The predicted octanol–water partition coefficient (Wildman–Crippen LogP) is 12.1. The maximum Gasteiger partial charge on any atom is 0.331 e. The van der Waals surface area contributed by atoms with Crippen LogP contribution in [0.25, 0.3) is 0 Å². The van der Waals surface area contributed by atoms with Crippen molar-refractivity contribution < 1.29 is 28.9 Å². The molecular weight excluding hydrogens is 823 g/mol. The van der Waals surface area contributed by atoms with Gasteiger partial charge in [0, 0.05) is 18.6 Å². The Labute approximate surface area is 399 Å². The number of carbonyl (C=O) groups excluding carboxylic acids is 2. The van der Waals surface area contributed by atoms with E-state index in [0.717, 1.165) is 19.3 Å². The molecule has 1 N–H and O–H groups in total. The van der Waals surface area contributed by atoms with Gasteiger partial charge in [-0.1, -0.05) is 177 Å². The van der Waals surface area contributed by atoms with Gasteiger partial charge in [0.2, 0.25) is 0 Å². The van der Waals surface area contributed by atoms with Crippen LogP contribution in [0.2, 0.25) is 0 Å². The Morgan fingerprint density at radius 2 is 0.833 bits per heavy atom. The van der Waals surface area contributed by atoms with Crippen LogP contribution in [0.5, 0.6) is 0 Å². The fourth-order valence-corrected chi connectivity index (χ4v) is 7.62. The maximum atomic E-state index is 14.0. The lowest BCUT2D eigenvalue weighted by Gasteiger charge is -2.27. The number of rotatable bonds is 27. The van der Waals surface area contributed by atoms with Gasteiger partial charge in [0.15, 0.2) is 12.4 Å². The second-order valence-electron chi connectivity index (χ2n) is 20.7. The molecule has 9 nitrogen and oxygen atoms in total. The Morgan fingerprint density at radius 3 is 1.17 bits per heavy atom. The van der Waals surface area contributed by atoms with E-state index in [0.29, 0.717) is 17.8 Å². The zero-order chi connectivity index (χ0) is 49.1. The first-order valence-corrected chi connectivity index (χ1v) is 24.7. The molecule has 0 saturated heterocycles. The molecule has 3 aromatic rings. The highest BCUT2D eigenvalue weighted by atomic mass is 16.6. The number of ether oxygens (including phenoxy) is 3. The van der Waals surface area contributed by atoms with Crippen LogP contribution in [0.1, 0.15) is 155 Å². The monoisotopic (exact) mass is 908 g/mol. The molecule has 0 spiro atoms. The number of nitrogens with zero attached hydrogens (tertiary/aromatic N) is 3. The SMILES string of the molecule is CC(C=NC(C(=O)OCC(COC(O)C(N=CC(C)Cc1ccc(C(C)C)cc1)C(C)C)OC(=O)C(N=CC(C)Cc1ccc(C(C)C)cc1)C(C)C)C(C)C)Cc1ccc(C(C)C)cc1. The normalized spacial score (nSPS) is 16.2. The molecule has 0 fully saturated rings. The zero-order valence-electron chi connectivity index (χ0n) is 43.1. The number of carbonyl (C=O) groups is 2. The molecule has 0 aliphatic heterocycles. The molecule has 0 radical (unpaired) electrons. The van der Waals surface area contributed by atoms with Gasteiger partial charge in [-0.15, -0.1) is 0 Å². The highest BCUT2D eigenvalue weighted by molar-refractivity contribution is 5.80. The summed E-state index contributed by atoms with van der Waals surface area (Å²) in [4.78, 5) is 41.9. The molecule has 0 saturated carbocycles. The van der Waals surface area contributed by atoms with Crippen molar-refractivity contribution in [2.45, 2.75) is 171 Å². The Bertz CT molecular complexity index is 1950. The third kappa shape index (κ3) is 19.4. The average molecular weight is 908 g/mol. The van der Waals surface area contributed by atoms with Gasteiger partial charge in [-0.25, -0.2) is 9.59 Å². The average Bonchev–Trinajstić information content (AvgIpc) is 3.24. The molecular formula is C57H85N3O6. The highest BCUT2D eigenvalue weighted by Crippen LogP contribution is 2.21. The number of aliphatic hydroxyl groups is 1. The van der Waals surface area contributed by atoms with Crippen LogP contribution < -0.4 is 0 Å². The second-order valence-corrected chi connectivity index (χ2v) is 20.7. The van der Waals surface area contributed by atoms with Crippen molar-refractivity contribution in [2.75, 3.05) is 13.2 Å². The van der Waals surface area contributed by atoms with Gasteiger partial charge >= 0.3 is 11.9 Å². The van der Waals surface area contributed by atoms with E-state index >= 15 is 0 Å². The number of benzene rings is 3. The van der Waals surface area contributed by atoms with Crippen molar-refractivity contribution >= 4 is 30.6 Å². The quantitative estimate of drug-likeness (QED) is 0.0462. The van der Waals surface area contributed by atoms with Crippen LogP contribution in [0.4, 0.5) is 0 Å². The highest BCUT2D eigenvalue weighted by Gasteiger charge is 2.31. The molecule has 3 aromatic carbocycles. The Kier molecular flexibility index (Phi) is 23.7. The van der Waals surface area contributed by atoms with Crippen LogP contribution in [0, 0.1) is 35.5 Å². The zero-order valence-corrected chi connectivity index (χ0v) is 43.1. The lowest BCUT2D eigenvalue weighted by molar-refractivity contribution is -0.178. The molecule has 0 amide bonds. The smallest absolute Gasteiger partial charge is 0.331 e. The van der Waals surface area contributed by atoms with Crippen molar-refractivity contribution in [3.63, 3.8) is 0 Å². The van der Waals surface area contributed by atoms with E-state index < -0.39 is 42.5 Å². The van der Waals surface area contributed by atoms with Crippen molar-refractivity contribution in [2.24, 2.45) is 50.5 Å². The summed E-state index contributed by atoms with van der Waals surface area (Å²) in [7, 11) is 0. The van der Waals surface area contributed by atoms with E-state index in [4.69, 9.17) is 29.2 Å². The summed E-state index contributed by atoms with van der Waals surface area (Å²) in [5.41, 5.74) is 7.52. The fraction of sp³-hybridized carbons (Fsp3) is 0.596. The molecule has 0 aliphatic carbocycles. The van der Waals surface area contributed by atoms with Crippen LogP contribution >= 0.6 is 0 Å². The predicted molar refractivity (Wildman–Crippen MR) is 274 cm³/mol. The first kappa shape index (κ1) is 55.9. The van der Waals surface area contributed by atoms with E-state index in [1.54, 1.807) is 0 Å². The van der Waals surface area contributed by atoms with Gasteiger partial charge in [0.25, 0.3) is 0 Å². The first-order valence-electron chi connectivity index (χ1n) is 24.7.